The van der Waals surface area contributed by atoms with Crippen LogP contribution in [0.15, 0.2) is 30.7 Å². The molecule has 0 bridgehead atoms. The number of aryl methyl sites for hydroxylation is 1. The van der Waals surface area contributed by atoms with E-state index in [1.54, 1.807) is 13.0 Å². The molecule has 112 valence electrons. The number of aromatic hydroxyl groups is 1. The number of nitrogens with zero attached hydrogens (tertiary/aromatic N) is 2. The Kier molecular flexibility index (Phi) is 6.25. The Hall–Kier alpha value is -2.51. The average Bonchev–Trinajstić information content (AvgIpc) is 2.51. The van der Waals surface area contributed by atoms with E-state index >= 15 is 0 Å². The lowest BCUT2D eigenvalue weighted by molar-refractivity contribution is 0.0696. The highest BCUT2D eigenvalue weighted by Gasteiger charge is 2.08. The van der Waals surface area contributed by atoms with Crippen LogP contribution in [0.25, 0.3) is 0 Å². The number of aromatic carboxylic acids is 1. The van der Waals surface area contributed by atoms with E-state index in [9.17, 15) is 9.90 Å². The molecule has 0 aliphatic heterocycles. The lowest BCUT2D eigenvalue weighted by Crippen LogP contribution is -2.04. The molecule has 0 saturated heterocycles. The fraction of sp³-hybridized carbons (Fsp3) is 0.214. The number of hydrogen-bond donors (Lipinski definition) is 4. The number of nitrogens with two attached hydrogens (primary N) is 1. The zero-order chi connectivity index (χ0) is 15.8. The van der Waals surface area contributed by atoms with E-state index in [0.717, 1.165) is 0 Å². The van der Waals surface area contributed by atoms with E-state index in [2.05, 4.69) is 9.97 Å². The zero-order valence-electron chi connectivity index (χ0n) is 11.5. The van der Waals surface area contributed by atoms with Gasteiger partial charge < -0.3 is 21.1 Å². The van der Waals surface area contributed by atoms with Gasteiger partial charge in [-0.25, -0.2) is 4.79 Å². The van der Waals surface area contributed by atoms with Crippen molar-refractivity contribution in [2.45, 2.75) is 20.1 Å². The molecule has 2 heterocycles. The molecule has 0 aromatic carbocycles. The summed E-state index contributed by atoms with van der Waals surface area (Å²) >= 11 is 0. The highest BCUT2D eigenvalue weighted by molar-refractivity contribution is 5.86. The SMILES string of the molecule is Cc1ncc(CO)c(CN)c1O.O=C(O)c1cccnc1. The molecule has 0 saturated carbocycles. The summed E-state index contributed by atoms with van der Waals surface area (Å²) < 4.78 is 0. The van der Waals surface area contributed by atoms with Gasteiger partial charge in [-0.3, -0.25) is 9.97 Å². The average molecular weight is 291 g/mol. The fourth-order valence-corrected chi connectivity index (χ4v) is 1.54. The Morgan fingerprint density at radius 3 is 2.52 bits per heavy atom. The van der Waals surface area contributed by atoms with Crippen LogP contribution in [0.2, 0.25) is 0 Å². The van der Waals surface area contributed by atoms with E-state index < -0.39 is 5.97 Å². The molecule has 0 spiro atoms. The predicted molar refractivity (Wildman–Crippen MR) is 75.6 cm³/mol. The third kappa shape index (κ3) is 4.51. The summed E-state index contributed by atoms with van der Waals surface area (Å²) in [6.07, 6.45) is 4.37. The summed E-state index contributed by atoms with van der Waals surface area (Å²) in [5.41, 5.74) is 7.31. The minimum atomic E-state index is -0.942. The van der Waals surface area contributed by atoms with Gasteiger partial charge in [-0.05, 0) is 19.1 Å². The normalized spacial score (nSPS) is 9.67. The Balaban J connectivity index is 0.000000219. The van der Waals surface area contributed by atoms with E-state index in [1.807, 2.05) is 0 Å². The van der Waals surface area contributed by atoms with E-state index in [0.29, 0.717) is 16.8 Å². The molecule has 2 rings (SSSR count). The number of carbonyl (C=O) groups is 1. The molecule has 21 heavy (non-hydrogen) atoms. The molecule has 0 unspecified atom stereocenters. The van der Waals surface area contributed by atoms with Crippen molar-refractivity contribution < 1.29 is 20.1 Å². The van der Waals surface area contributed by atoms with Gasteiger partial charge in [0.2, 0.25) is 0 Å². The first-order valence-corrected chi connectivity index (χ1v) is 6.11. The van der Waals surface area contributed by atoms with Crippen LogP contribution < -0.4 is 5.73 Å². The Morgan fingerprint density at radius 1 is 1.38 bits per heavy atom. The lowest BCUT2D eigenvalue weighted by Gasteiger charge is -2.08. The van der Waals surface area contributed by atoms with E-state index in [1.165, 1.54) is 24.7 Å². The second-order valence-corrected chi connectivity index (χ2v) is 4.11. The largest absolute Gasteiger partial charge is 0.506 e. The van der Waals surface area contributed by atoms with Crippen LogP contribution in [-0.2, 0) is 13.2 Å². The lowest BCUT2D eigenvalue weighted by atomic mass is 10.1. The van der Waals surface area contributed by atoms with E-state index in [4.69, 9.17) is 15.9 Å². The van der Waals surface area contributed by atoms with Gasteiger partial charge in [0, 0.05) is 36.3 Å². The maximum atomic E-state index is 10.2. The summed E-state index contributed by atoms with van der Waals surface area (Å²) in [6.45, 7) is 1.76. The standard InChI is InChI=1S/C8H12N2O2.C6H5NO2/c1-5-8(12)7(2-9)6(4-11)3-10-5;8-6(9)5-2-1-3-7-4-5/h3,11-12H,2,4,9H2,1H3;1-4H,(H,8,9). The van der Waals surface area contributed by atoms with Crippen LogP contribution in [0.1, 0.15) is 27.2 Å². The minimum Gasteiger partial charge on any atom is -0.506 e. The van der Waals surface area contributed by atoms with Gasteiger partial charge in [0.1, 0.15) is 5.75 Å². The van der Waals surface area contributed by atoms with Gasteiger partial charge in [0.15, 0.2) is 0 Å². The fourth-order valence-electron chi connectivity index (χ4n) is 1.54. The van der Waals surface area contributed by atoms with Crippen LogP contribution >= 0.6 is 0 Å². The Morgan fingerprint density at radius 2 is 2.10 bits per heavy atom. The summed E-state index contributed by atoms with van der Waals surface area (Å²) in [5, 5.41) is 26.7. The molecule has 2 aromatic rings. The van der Waals surface area contributed by atoms with Gasteiger partial charge in [-0.15, -0.1) is 0 Å². The van der Waals surface area contributed by atoms with Crippen molar-refractivity contribution in [3.8, 4) is 5.75 Å². The molecule has 2 aromatic heterocycles. The van der Waals surface area contributed by atoms with Crippen molar-refractivity contribution >= 4 is 5.97 Å². The maximum absolute atomic E-state index is 10.2. The van der Waals surface area contributed by atoms with Crippen molar-refractivity contribution in [1.82, 2.24) is 9.97 Å². The van der Waals surface area contributed by atoms with Crippen molar-refractivity contribution in [3.05, 3.63) is 53.1 Å². The summed E-state index contributed by atoms with van der Waals surface area (Å²) in [6, 6.07) is 3.08. The number of aliphatic hydroxyl groups is 1. The molecule has 7 heteroatoms. The number of aromatic nitrogens is 2. The topological polar surface area (TPSA) is 130 Å². The first-order chi connectivity index (χ1) is 10.0. The number of hydrogen-bond acceptors (Lipinski definition) is 6. The Bertz CT molecular complexity index is 603. The molecule has 0 atom stereocenters. The first-order valence-electron chi connectivity index (χ1n) is 6.11. The van der Waals surface area contributed by atoms with Crippen LogP contribution in [-0.4, -0.2) is 31.3 Å². The molecule has 0 aliphatic carbocycles. The van der Waals surface area contributed by atoms with Gasteiger partial charge in [0.25, 0.3) is 0 Å². The second-order valence-electron chi connectivity index (χ2n) is 4.11. The van der Waals surface area contributed by atoms with Crippen molar-refractivity contribution in [1.29, 1.82) is 0 Å². The van der Waals surface area contributed by atoms with Crippen molar-refractivity contribution in [2.24, 2.45) is 5.73 Å². The quantitative estimate of drug-likeness (QED) is 0.658. The number of pyridine rings is 2. The number of aliphatic hydroxyl groups excluding tert-OH is 1. The molecule has 5 N–H and O–H groups in total. The summed E-state index contributed by atoms with van der Waals surface area (Å²) in [5.74, 6) is -0.854. The number of rotatable bonds is 3. The van der Waals surface area contributed by atoms with Gasteiger partial charge in [-0.2, -0.15) is 0 Å². The second kappa shape index (κ2) is 7.93. The van der Waals surface area contributed by atoms with Crippen molar-refractivity contribution in [2.75, 3.05) is 0 Å². The molecule has 0 radical (unpaired) electrons. The molecule has 0 amide bonds. The first kappa shape index (κ1) is 16.5. The van der Waals surface area contributed by atoms with Crippen LogP contribution in [0.4, 0.5) is 0 Å². The third-order valence-corrected chi connectivity index (χ3v) is 2.71. The minimum absolute atomic E-state index is 0.0871. The molecular formula is C14H17N3O4. The highest BCUT2D eigenvalue weighted by Crippen LogP contribution is 2.22. The highest BCUT2D eigenvalue weighted by atomic mass is 16.4. The van der Waals surface area contributed by atoms with Crippen LogP contribution in [0, 0.1) is 6.92 Å². The smallest absolute Gasteiger partial charge is 0.337 e. The predicted octanol–water partition coefficient (Wildman–Crippen LogP) is 0.826. The molecule has 7 nitrogen and oxygen atoms in total. The number of carboxylic acids is 1. The Labute approximate surface area is 121 Å². The van der Waals surface area contributed by atoms with Crippen LogP contribution in [0.5, 0.6) is 5.75 Å². The summed E-state index contributed by atoms with van der Waals surface area (Å²) in [7, 11) is 0. The molecule has 0 aliphatic rings. The van der Waals surface area contributed by atoms with Gasteiger partial charge in [0.05, 0.1) is 17.9 Å². The monoisotopic (exact) mass is 291 g/mol. The van der Waals surface area contributed by atoms with E-state index in [-0.39, 0.29) is 24.5 Å². The third-order valence-electron chi connectivity index (χ3n) is 2.71. The molecule has 0 fully saturated rings. The summed E-state index contributed by atoms with van der Waals surface area (Å²) in [4.78, 5) is 17.7. The maximum Gasteiger partial charge on any atom is 0.337 e. The zero-order valence-corrected chi connectivity index (χ0v) is 11.5. The van der Waals surface area contributed by atoms with Gasteiger partial charge in [-0.1, -0.05) is 0 Å². The van der Waals surface area contributed by atoms with Crippen molar-refractivity contribution in [3.63, 3.8) is 0 Å². The molecular weight excluding hydrogens is 274 g/mol. The van der Waals surface area contributed by atoms with Gasteiger partial charge >= 0.3 is 5.97 Å². The van der Waals surface area contributed by atoms with Crippen LogP contribution in [0.3, 0.4) is 0 Å². The number of carboxylic acid groups (broad SMARTS) is 1.